The smallest absolute Gasteiger partial charge is 0.229 e. The molecule has 9 nitrogen and oxygen atoms in total. The Labute approximate surface area is 176 Å². The van der Waals surface area contributed by atoms with E-state index in [4.69, 9.17) is 4.52 Å². The lowest BCUT2D eigenvalue weighted by molar-refractivity contribution is -0.138. The minimum Gasteiger partial charge on any atom is -0.341 e. The molecule has 1 unspecified atom stereocenters. The average molecular weight is 415 g/mol. The Morgan fingerprint density at radius 1 is 1.27 bits per heavy atom. The predicted molar refractivity (Wildman–Crippen MR) is 108 cm³/mol. The van der Waals surface area contributed by atoms with Gasteiger partial charge in [-0.2, -0.15) is 4.98 Å². The fourth-order valence-corrected chi connectivity index (χ4v) is 4.25. The molecular weight excluding hydrogens is 384 g/mol. The molecule has 30 heavy (non-hydrogen) atoms. The van der Waals surface area contributed by atoms with E-state index in [2.05, 4.69) is 15.1 Å². The first-order chi connectivity index (χ1) is 14.6. The third kappa shape index (κ3) is 4.88. The summed E-state index contributed by atoms with van der Waals surface area (Å²) in [6.07, 6.45) is 11.6. The molecule has 1 aliphatic heterocycles. The maximum Gasteiger partial charge on any atom is 0.229 e. The monoisotopic (exact) mass is 414 g/mol. The summed E-state index contributed by atoms with van der Waals surface area (Å²) in [5.74, 6) is 1.95. The van der Waals surface area contributed by atoms with Crippen LogP contribution in [0.3, 0.4) is 0 Å². The topological polar surface area (TPSA) is 97.4 Å². The van der Waals surface area contributed by atoms with Crippen LogP contribution in [-0.2, 0) is 22.6 Å². The average Bonchev–Trinajstić information content (AvgIpc) is 3.37. The van der Waals surface area contributed by atoms with Gasteiger partial charge < -0.3 is 18.9 Å². The van der Waals surface area contributed by atoms with Crippen LogP contribution in [0.4, 0.5) is 0 Å². The van der Waals surface area contributed by atoms with E-state index in [9.17, 15) is 9.59 Å². The highest BCUT2D eigenvalue weighted by Crippen LogP contribution is 2.35. The van der Waals surface area contributed by atoms with Crippen molar-refractivity contribution in [2.24, 2.45) is 0 Å². The molecule has 2 aromatic heterocycles. The van der Waals surface area contributed by atoms with Crippen LogP contribution in [0.15, 0.2) is 23.2 Å². The van der Waals surface area contributed by atoms with Gasteiger partial charge >= 0.3 is 0 Å². The molecule has 1 saturated carbocycles. The summed E-state index contributed by atoms with van der Waals surface area (Å²) in [7, 11) is 0. The fourth-order valence-electron chi connectivity index (χ4n) is 4.25. The van der Waals surface area contributed by atoms with Crippen molar-refractivity contribution in [1.82, 2.24) is 29.5 Å². The van der Waals surface area contributed by atoms with Gasteiger partial charge in [-0.3, -0.25) is 9.59 Å². The number of hydrogen-bond acceptors (Lipinski definition) is 6. The van der Waals surface area contributed by atoms with Crippen molar-refractivity contribution in [3.8, 4) is 0 Å². The number of imidazole rings is 1. The molecule has 2 fully saturated rings. The third-order valence-corrected chi connectivity index (χ3v) is 6.25. The number of aromatic nitrogens is 4. The van der Waals surface area contributed by atoms with Crippen LogP contribution in [0.5, 0.6) is 0 Å². The highest BCUT2D eigenvalue weighted by atomic mass is 16.5. The van der Waals surface area contributed by atoms with Crippen molar-refractivity contribution in [2.75, 3.05) is 19.6 Å². The van der Waals surface area contributed by atoms with Crippen molar-refractivity contribution in [2.45, 2.75) is 70.4 Å². The van der Waals surface area contributed by atoms with Crippen LogP contribution >= 0.6 is 0 Å². The molecule has 9 heteroatoms. The lowest BCUT2D eigenvalue weighted by atomic mass is 9.85. The van der Waals surface area contributed by atoms with E-state index < -0.39 is 0 Å². The van der Waals surface area contributed by atoms with Crippen molar-refractivity contribution < 1.29 is 14.1 Å². The van der Waals surface area contributed by atoms with Gasteiger partial charge in [0.15, 0.2) is 5.82 Å². The van der Waals surface area contributed by atoms with Gasteiger partial charge in [-0.15, -0.1) is 0 Å². The van der Waals surface area contributed by atoms with Gasteiger partial charge in [0.2, 0.25) is 17.7 Å². The number of piperidine rings is 1. The van der Waals surface area contributed by atoms with Crippen molar-refractivity contribution in [3.63, 3.8) is 0 Å². The molecule has 3 heterocycles. The van der Waals surface area contributed by atoms with Crippen molar-refractivity contribution >= 4 is 11.8 Å². The van der Waals surface area contributed by atoms with Crippen LogP contribution in [0, 0.1) is 0 Å². The lowest BCUT2D eigenvalue weighted by Crippen LogP contribution is -2.51. The van der Waals surface area contributed by atoms with Crippen LogP contribution < -0.4 is 0 Å². The number of aryl methyl sites for hydroxylation is 1. The summed E-state index contributed by atoms with van der Waals surface area (Å²) in [6, 6.07) is 0.0337. The first-order valence-electron chi connectivity index (χ1n) is 10.9. The van der Waals surface area contributed by atoms with E-state index in [-0.39, 0.29) is 17.9 Å². The maximum atomic E-state index is 12.7. The van der Waals surface area contributed by atoms with E-state index in [0.717, 1.165) is 38.1 Å². The highest BCUT2D eigenvalue weighted by molar-refractivity contribution is 5.77. The number of nitrogens with zero attached hydrogens (tertiary/aromatic N) is 6. The normalized spacial score (nSPS) is 19.5. The minimum atomic E-state index is 0.0235. The van der Waals surface area contributed by atoms with Gasteiger partial charge in [0, 0.05) is 70.3 Å². The number of carbonyl (C=O) groups excluding carboxylic acids is 2. The molecule has 0 spiro atoms. The predicted octanol–water partition coefficient (Wildman–Crippen LogP) is 2.01. The second-order valence-electron chi connectivity index (χ2n) is 8.33. The zero-order valence-corrected chi connectivity index (χ0v) is 17.6. The maximum absolute atomic E-state index is 12.7. The fraction of sp³-hybridized carbons (Fsp3) is 0.667. The molecule has 0 N–H and O–H groups in total. The second-order valence-corrected chi connectivity index (χ2v) is 8.33. The van der Waals surface area contributed by atoms with Crippen molar-refractivity contribution in [1.29, 1.82) is 0 Å². The molecule has 2 aromatic rings. The summed E-state index contributed by atoms with van der Waals surface area (Å²) >= 11 is 0. The van der Waals surface area contributed by atoms with E-state index >= 15 is 0 Å². The minimum absolute atomic E-state index is 0.0235. The van der Waals surface area contributed by atoms with E-state index in [1.54, 1.807) is 19.4 Å². The Kier molecular flexibility index (Phi) is 6.44. The van der Waals surface area contributed by atoms with Gasteiger partial charge in [0.05, 0.1) is 6.33 Å². The Morgan fingerprint density at radius 2 is 2.13 bits per heavy atom. The summed E-state index contributed by atoms with van der Waals surface area (Å²) in [4.78, 5) is 37.3. The van der Waals surface area contributed by atoms with Gasteiger partial charge in [0.1, 0.15) is 0 Å². The number of carbonyl (C=O) groups is 2. The molecule has 0 radical (unpaired) electrons. The zero-order chi connectivity index (χ0) is 20.9. The summed E-state index contributed by atoms with van der Waals surface area (Å²) < 4.78 is 7.30. The highest BCUT2D eigenvalue weighted by Gasteiger charge is 2.30. The van der Waals surface area contributed by atoms with Gasteiger partial charge in [0.25, 0.3) is 0 Å². The van der Waals surface area contributed by atoms with Gasteiger partial charge in [-0.1, -0.05) is 11.6 Å². The summed E-state index contributed by atoms with van der Waals surface area (Å²) in [5.41, 5.74) is 0. The summed E-state index contributed by atoms with van der Waals surface area (Å²) in [5, 5.41) is 4.09. The first kappa shape index (κ1) is 20.6. The quantitative estimate of drug-likeness (QED) is 0.655. The molecule has 0 bridgehead atoms. The molecule has 1 saturated heterocycles. The number of amides is 2. The van der Waals surface area contributed by atoms with Crippen molar-refractivity contribution in [3.05, 3.63) is 30.4 Å². The molecular formula is C21H30N6O3. The third-order valence-electron chi connectivity index (χ3n) is 6.25. The van der Waals surface area contributed by atoms with E-state index in [1.165, 1.54) is 6.42 Å². The zero-order valence-electron chi connectivity index (χ0n) is 17.6. The molecule has 162 valence electrons. The second kappa shape index (κ2) is 9.40. The number of likely N-dealkylation sites (tertiary alicyclic amines) is 1. The number of rotatable bonds is 8. The molecule has 2 aliphatic rings. The Balaban J connectivity index is 1.30. The molecule has 1 aliphatic carbocycles. The van der Waals surface area contributed by atoms with E-state index in [1.807, 2.05) is 20.6 Å². The largest absolute Gasteiger partial charge is 0.341 e. The van der Waals surface area contributed by atoms with Crippen LogP contribution in [-0.4, -0.2) is 67.0 Å². The Bertz CT molecular complexity index is 845. The van der Waals surface area contributed by atoms with Gasteiger partial charge in [-0.25, -0.2) is 4.98 Å². The standard InChI is InChI=1S/C21H30N6O3/c1-16(28)27(12-7-19-23-21(30-24-19)17-4-2-5-17)18-6-3-10-26(14-18)20(29)8-11-25-13-9-22-15-25/h9,13,15,17-18H,2-8,10-12,14H2,1H3. The SMILES string of the molecule is CC(=O)N(CCc1noc(C2CCC2)n1)C1CCCN(C(=O)CCn2ccnc2)C1. The lowest BCUT2D eigenvalue weighted by Gasteiger charge is -2.39. The number of hydrogen-bond donors (Lipinski definition) is 0. The molecule has 4 rings (SSSR count). The Morgan fingerprint density at radius 3 is 2.83 bits per heavy atom. The van der Waals surface area contributed by atoms with E-state index in [0.29, 0.717) is 44.2 Å². The van der Waals surface area contributed by atoms with Crippen LogP contribution in [0.1, 0.15) is 63.1 Å². The first-order valence-corrected chi connectivity index (χ1v) is 10.9. The summed E-state index contributed by atoms with van der Waals surface area (Å²) in [6.45, 7) is 4.09. The Hall–Kier alpha value is -2.71. The molecule has 1 atom stereocenters. The molecule has 2 amide bonds. The van der Waals surface area contributed by atoms with Gasteiger partial charge in [-0.05, 0) is 25.7 Å². The van der Waals surface area contributed by atoms with Crippen LogP contribution in [0.2, 0.25) is 0 Å². The molecule has 0 aromatic carbocycles. The van der Waals surface area contributed by atoms with Crippen LogP contribution in [0.25, 0.3) is 0 Å².